The van der Waals surface area contributed by atoms with Gasteiger partial charge in [-0.15, -0.1) is 0 Å². The maximum atomic E-state index is 12.6. The van der Waals surface area contributed by atoms with Gasteiger partial charge < -0.3 is 10.1 Å². The predicted molar refractivity (Wildman–Crippen MR) is 93.9 cm³/mol. The van der Waals surface area contributed by atoms with Crippen molar-refractivity contribution in [3.8, 4) is 5.75 Å². The first-order valence-corrected chi connectivity index (χ1v) is 7.98. The quantitative estimate of drug-likeness (QED) is 0.863. The number of carbonyl (C=O) groups is 1. The third-order valence-electron chi connectivity index (χ3n) is 3.74. The summed E-state index contributed by atoms with van der Waals surface area (Å²) >= 11 is 5.86. The van der Waals surface area contributed by atoms with Crippen molar-refractivity contribution < 1.29 is 9.53 Å². The summed E-state index contributed by atoms with van der Waals surface area (Å²) in [5, 5.41) is 3.65. The van der Waals surface area contributed by atoms with E-state index in [1.165, 1.54) is 0 Å². The summed E-state index contributed by atoms with van der Waals surface area (Å²) in [5.74, 6) is 0.446. The zero-order valence-electron chi connectivity index (χ0n) is 13.9. The van der Waals surface area contributed by atoms with Crippen LogP contribution in [0.15, 0.2) is 48.5 Å². The number of hydrogen-bond donors (Lipinski definition) is 1. The molecule has 2 rings (SSSR count). The molecule has 1 atom stereocenters. The van der Waals surface area contributed by atoms with Crippen LogP contribution in [0.2, 0.25) is 5.02 Å². The number of aryl methyl sites for hydroxylation is 1. The van der Waals surface area contributed by atoms with Crippen molar-refractivity contribution in [1.29, 1.82) is 0 Å². The van der Waals surface area contributed by atoms with E-state index in [-0.39, 0.29) is 11.9 Å². The first kappa shape index (κ1) is 17.4. The van der Waals surface area contributed by atoms with E-state index in [4.69, 9.17) is 16.3 Å². The van der Waals surface area contributed by atoms with Crippen LogP contribution < -0.4 is 10.1 Å². The van der Waals surface area contributed by atoms with Gasteiger partial charge >= 0.3 is 0 Å². The predicted octanol–water partition coefficient (Wildman–Crippen LogP) is 4.68. The summed E-state index contributed by atoms with van der Waals surface area (Å²) in [6, 6.07) is 14.9. The van der Waals surface area contributed by atoms with E-state index in [0.717, 1.165) is 11.1 Å². The van der Waals surface area contributed by atoms with E-state index < -0.39 is 5.60 Å². The molecule has 2 aromatic rings. The second-order valence-corrected chi connectivity index (χ2v) is 6.55. The van der Waals surface area contributed by atoms with Crippen molar-refractivity contribution in [2.24, 2.45) is 0 Å². The number of nitrogens with one attached hydrogen (secondary N) is 1. The maximum absolute atomic E-state index is 12.6. The SMILES string of the molecule is Cc1ccccc1C(C)NC(=O)C(C)(C)Oc1ccc(Cl)cc1. The lowest BCUT2D eigenvalue weighted by Gasteiger charge is -2.27. The molecule has 4 heteroatoms. The molecule has 0 aliphatic carbocycles. The molecule has 0 bridgehead atoms. The molecular weight excluding hydrogens is 310 g/mol. The van der Waals surface area contributed by atoms with E-state index in [9.17, 15) is 4.79 Å². The monoisotopic (exact) mass is 331 g/mol. The van der Waals surface area contributed by atoms with E-state index >= 15 is 0 Å². The number of halogens is 1. The molecule has 2 aromatic carbocycles. The van der Waals surface area contributed by atoms with Crippen molar-refractivity contribution in [3.05, 3.63) is 64.7 Å². The summed E-state index contributed by atoms with van der Waals surface area (Å²) < 4.78 is 5.81. The number of ether oxygens (including phenoxy) is 1. The molecule has 0 aromatic heterocycles. The van der Waals surface area contributed by atoms with Gasteiger partial charge in [-0.3, -0.25) is 4.79 Å². The number of hydrogen-bond acceptors (Lipinski definition) is 2. The van der Waals surface area contributed by atoms with Crippen LogP contribution in [0.25, 0.3) is 0 Å². The van der Waals surface area contributed by atoms with Crippen LogP contribution in [-0.2, 0) is 4.79 Å². The first-order chi connectivity index (χ1) is 10.8. The third kappa shape index (κ3) is 4.49. The Balaban J connectivity index is 2.06. The van der Waals surface area contributed by atoms with Crippen molar-refractivity contribution in [3.63, 3.8) is 0 Å². The number of benzene rings is 2. The third-order valence-corrected chi connectivity index (χ3v) is 3.99. The smallest absolute Gasteiger partial charge is 0.264 e. The highest BCUT2D eigenvalue weighted by molar-refractivity contribution is 6.30. The highest BCUT2D eigenvalue weighted by atomic mass is 35.5. The molecule has 0 aliphatic heterocycles. The summed E-state index contributed by atoms with van der Waals surface area (Å²) in [4.78, 5) is 12.6. The van der Waals surface area contributed by atoms with Gasteiger partial charge in [-0.1, -0.05) is 35.9 Å². The molecule has 0 fully saturated rings. The molecule has 3 nitrogen and oxygen atoms in total. The topological polar surface area (TPSA) is 38.3 Å². The van der Waals surface area contributed by atoms with Gasteiger partial charge in [-0.2, -0.15) is 0 Å². The van der Waals surface area contributed by atoms with Crippen LogP contribution >= 0.6 is 11.6 Å². The normalized spacial score (nSPS) is 12.6. The lowest BCUT2D eigenvalue weighted by atomic mass is 10.0. The van der Waals surface area contributed by atoms with Gasteiger partial charge in [0.05, 0.1) is 6.04 Å². The highest BCUT2D eigenvalue weighted by Crippen LogP contribution is 2.23. The van der Waals surface area contributed by atoms with E-state index in [1.807, 2.05) is 38.1 Å². The second-order valence-electron chi connectivity index (χ2n) is 6.12. The van der Waals surface area contributed by atoms with Crippen molar-refractivity contribution in [2.45, 2.75) is 39.3 Å². The fraction of sp³-hybridized carbons (Fsp3) is 0.316. The van der Waals surface area contributed by atoms with Crippen LogP contribution in [-0.4, -0.2) is 11.5 Å². The molecular formula is C19H22ClNO2. The molecule has 0 heterocycles. The van der Waals surface area contributed by atoms with Crippen LogP contribution in [0.1, 0.15) is 37.9 Å². The van der Waals surface area contributed by atoms with Crippen molar-refractivity contribution >= 4 is 17.5 Å². The first-order valence-electron chi connectivity index (χ1n) is 7.60. The van der Waals surface area contributed by atoms with Gasteiger partial charge in [0.1, 0.15) is 5.75 Å². The lowest BCUT2D eigenvalue weighted by molar-refractivity contribution is -0.134. The molecule has 1 N–H and O–H groups in total. The summed E-state index contributed by atoms with van der Waals surface area (Å²) in [6.45, 7) is 7.51. The average molecular weight is 332 g/mol. The van der Waals surface area contributed by atoms with Crippen molar-refractivity contribution in [1.82, 2.24) is 5.32 Å². The van der Waals surface area contributed by atoms with Gasteiger partial charge in [0.2, 0.25) is 0 Å². The Morgan fingerprint density at radius 3 is 2.35 bits per heavy atom. The minimum Gasteiger partial charge on any atom is -0.478 e. The molecule has 0 aliphatic rings. The summed E-state index contributed by atoms with van der Waals surface area (Å²) in [5.41, 5.74) is 1.27. The average Bonchev–Trinajstić information content (AvgIpc) is 2.49. The van der Waals surface area contributed by atoms with Crippen LogP contribution in [0.3, 0.4) is 0 Å². The fourth-order valence-electron chi connectivity index (χ4n) is 2.36. The molecule has 0 spiro atoms. The fourth-order valence-corrected chi connectivity index (χ4v) is 2.49. The van der Waals surface area contributed by atoms with Gasteiger partial charge in [-0.25, -0.2) is 0 Å². The molecule has 0 saturated heterocycles. The largest absolute Gasteiger partial charge is 0.478 e. The molecule has 0 saturated carbocycles. The summed E-state index contributed by atoms with van der Waals surface area (Å²) in [6.07, 6.45) is 0. The van der Waals surface area contributed by atoms with E-state index in [1.54, 1.807) is 38.1 Å². The Bertz CT molecular complexity index is 680. The molecule has 0 radical (unpaired) electrons. The Morgan fingerprint density at radius 1 is 1.13 bits per heavy atom. The standard InChI is InChI=1S/C19H22ClNO2/c1-13-7-5-6-8-17(13)14(2)21-18(22)19(3,4)23-16-11-9-15(20)10-12-16/h5-12,14H,1-4H3,(H,21,22). The van der Waals surface area contributed by atoms with Crippen LogP contribution in [0.4, 0.5) is 0 Å². The Kier molecular flexibility index (Phi) is 5.32. The summed E-state index contributed by atoms with van der Waals surface area (Å²) in [7, 11) is 0. The number of carbonyl (C=O) groups excluding carboxylic acids is 1. The zero-order valence-corrected chi connectivity index (χ0v) is 14.6. The van der Waals surface area contributed by atoms with Gasteiger partial charge in [0.15, 0.2) is 5.60 Å². The molecule has 1 unspecified atom stereocenters. The van der Waals surface area contributed by atoms with Crippen LogP contribution in [0, 0.1) is 6.92 Å². The molecule has 23 heavy (non-hydrogen) atoms. The number of rotatable bonds is 5. The zero-order chi connectivity index (χ0) is 17.0. The maximum Gasteiger partial charge on any atom is 0.264 e. The Labute approximate surface area is 142 Å². The molecule has 122 valence electrons. The highest BCUT2D eigenvalue weighted by Gasteiger charge is 2.31. The Hall–Kier alpha value is -2.00. The lowest BCUT2D eigenvalue weighted by Crippen LogP contribution is -2.47. The van der Waals surface area contributed by atoms with Crippen molar-refractivity contribution in [2.75, 3.05) is 0 Å². The van der Waals surface area contributed by atoms with Crippen LogP contribution in [0.5, 0.6) is 5.75 Å². The second kappa shape index (κ2) is 7.05. The van der Waals surface area contributed by atoms with Gasteiger partial charge in [-0.05, 0) is 63.1 Å². The van der Waals surface area contributed by atoms with Gasteiger partial charge in [0, 0.05) is 5.02 Å². The minimum absolute atomic E-state index is 0.0863. The van der Waals surface area contributed by atoms with E-state index in [2.05, 4.69) is 5.32 Å². The molecule has 1 amide bonds. The Morgan fingerprint density at radius 2 is 1.74 bits per heavy atom. The van der Waals surface area contributed by atoms with E-state index in [0.29, 0.717) is 10.8 Å². The number of amides is 1. The minimum atomic E-state index is -0.981. The van der Waals surface area contributed by atoms with Gasteiger partial charge in [0.25, 0.3) is 5.91 Å².